The van der Waals surface area contributed by atoms with E-state index in [0.29, 0.717) is 5.01 Å². The molecule has 0 atom stereocenters. The molecule has 0 unspecified atom stereocenters. The van der Waals surface area contributed by atoms with Crippen LogP contribution in [0.3, 0.4) is 0 Å². The quantitative estimate of drug-likeness (QED) is 0.610. The lowest BCUT2D eigenvalue weighted by Gasteiger charge is -2.11. The summed E-state index contributed by atoms with van der Waals surface area (Å²) in [5.41, 5.74) is 0.443. The number of ether oxygens (including phenoxy) is 1. The van der Waals surface area contributed by atoms with Gasteiger partial charge in [0.05, 0.1) is 17.7 Å². The van der Waals surface area contributed by atoms with Crippen molar-refractivity contribution < 1.29 is 22.7 Å². The standard InChI is InChI=1S/C17H12ClN3O5S2/c1-26-17(23)11-8-5-9-12(18)13(11)28(24,25)21-14(22)16-20-19-15(27-16)10-6-3-2-4-7-10/h2-9H,1H3,(H,21,22). The summed E-state index contributed by atoms with van der Waals surface area (Å²) in [4.78, 5) is 23.7. The summed E-state index contributed by atoms with van der Waals surface area (Å²) in [5, 5.41) is 7.70. The Balaban J connectivity index is 1.91. The van der Waals surface area contributed by atoms with Gasteiger partial charge in [-0.3, -0.25) is 4.79 Å². The maximum atomic E-state index is 12.7. The topological polar surface area (TPSA) is 115 Å². The molecule has 2 aromatic carbocycles. The number of hydrogen-bond donors (Lipinski definition) is 1. The van der Waals surface area contributed by atoms with E-state index in [9.17, 15) is 18.0 Å². The first-order valence-corrected chi connectivity index (χ1v) is 10.3. The van der Waals surface area contributed by atoms with Crippen molar-refractivity contribution in [2.24, 2.45) is 0 Å². The highest BCUT2D eigenvalue weighted by Gasteiger charge is 2.29. The fraction of sp³-hybridized carbons (Fsp3) is 0.0588. The maximum absolute atomic E-state index is 12.7. The Kier molecular flexibility index (Phi) is 5.73. The normalized spacial score (nSPS) is 11.1. The lowest BCUT2D eigenvalue weighted by molar-refractivity contribution is 0.0596. The molecule has 0 aliphatic rings. The van der Waals surface area contributed by atoms with Crippen LogP contribution in [0.2, 0.25) is 5.02 Å². The van der Waals surface area contributed by atoms with Crippen molar-refractivity contribution in [2.45, 2.75) is 4.90 Å². The number of rotatable bonds is 5. The first-order valence-electron chi connectivity index (χ1n) is 7.66. The van der Waals surface area contributed by atoms with Crippen molar-refractivity contribution in [3.8, 4) is 10.6 Å². The van der Waals surface area contributed by atoms with E-state index in [4.69, 9.17) is 11.6 Å². The van der Waals surface area contributed by atoms with E-state index in [1.807, 2.05) is 10.8 Å². The van der Waals surface area contributed by atoms with Crippen LogP contribution >= 0.6 is 22.9 Å². The number of carbonyl (C=O) groups is 2. The minimum absolute atomic E-state index is 0.158. The van der Waals surface area contributed by atoms with Gasteiger partial charge in [0.25, 0.3) is 15.9 Å². The van der Waals surface area contributed by atoms with Crippen LogP contribution < -0.4 is 4.72 Å². The Morgan fingerprint density at radius 2 is 1.79 bits per heavy atom. The van der Waals surface area contributed by atoms with E-state index < -0.39 is 26.8 Å². The second-order valence-electron chi connectivity index (χ2n) is 5.32. The van der Waals surface area contributed by atoms with Gasteiger partial charge in [0.1, 0.15) is 9.90 Å². The van der Waals surface area contributed by atoms with Crippen LogP contribution in [0.25, 0.3) is 10.6 Å². The van der Waals surface area contributed by atoms with Gasteiger partial charge in [-0.25, -0.2) is 17.9 Å². The van der Waals surface area contributed by atoms with Crippen molar-refractivity contribution >= 4 is 44.8 Å². The molecular weight excluding hydrogens is 426 g/mol. The van der Waals surface area contributed by atoms with Crippen LogP contribution in [0.1, 0.15) is 20.2 Å². The van der Waals surface area contributed by atoms with Gasteiger partial charge in [-0.2, -0.15) is 0 Å². The molecular formula is C17H12ClN3O5S2. The van der Waals surface area contributed by atoms with Crippen molar-refractivity contribution in [3.05, 3.63) is 64.1 Å². The molecule has 0 saturated heterocycles. The van der Waals surface area contributed by atoms with Crippen molar-refractivity contribution in [3.63, 3.8) is 0 Å². The number of halogens is 1. The third kappa shape index (κ3) is 4.03. The highest BCUT2D eigenvalue weighted by atomic mass is 35.5. The van der Waals surface area contributed by atoms with Crippen LogP contribution in [0, 0.1) is 0 Å². The zero-order valence-electron chi connectivity index (χ0n) is 14.2. The molecule has 0 bridgehead atoms. The summed E-state index contributed by atoms with van der Waals surface area (Å²) in [5.74, 6) is -1.90. The Bertz CT molecular complexity index is 1150. The molecule has 0 spiro atoms. The van der Waals surface area contributed by atoms with Gasteiger partial charge in [-0.05, 0) is 12.1 Å². The van der Waals surface area contributed by atoms with Crippen LogP contribution in [-0.4, -0.2) is 37.6 Å². The number of esters is 1. The molecule has 1 N–H and O–H groups in total. The van der Waals surface area contributed by atoms with Gasteiger partial charge in [-0.15, -0.1) is 10.2 Å². The van der Waals surface area contributed by atoms with E-state index in [2.05, 4.69) is 14.9 Å². The van der Waals surface area contributed by atoms with Gasteiger partial charge < -0.3 is 4.74 Å². The molecule has 11 heteroatoms. The number of sulfonamides is 1. The largest absolute Gasteiger partial charge is 0.465 e. The Morgan fingerprint density at radius 1 is 1.07 bits per heavy atom. The molecule has 8 nitrogen and oxygen atoms in total. The predicted octanol–water partition coefficient (Wildman–Crippen LogP) is 2.76. The summed E-state index contributed by atoms with van der Waals surface area (Å²) in [6, 6.07) is 12.9. The molecule has 144 valence electrons. The number of amides is 1. The summed E-state index contributed by atoms with van der Waals surface area (Å²) in [7, 11) is -3.37. The van der Waals surface area contributed by atoms with E-state index in [-0.39, 0.29) is 15.6 Å². The number of hydrogen-bond acceptors (Lipinski definition) is 8. The molecule has 1 aromatic heterocycles. The molecule has 0 aliphatic heterocycles. The van der Waals surface area contributed by atoms with Gasteiger partial charge in [0.2, 0.25) is 5.01 Å². The minimum atomic E-state index is -4.47. The van der Waals surface area contributed by atoms with Gasteiger partial charge in [0.15, 0.2) is 0 Å². The molecule has 0 radical (unpaired) electrons. The number of carbonyl (C=O) groups excluding carboxylic acids is 2. The maximum Gasteiger partial charge on any atom is 0.339 e. The fourth-order valence-electron chi connectivity index (χ4n) is 2.28. The Morgan fingerprint density at radius 3 is 2.46 bits per heavy atom. The first kappa shape index (κ1) is 19.9. The summed E-state index contributed by atoms with van der Waals surface area (Å²) >= 11 is 6.89. The van der Waals surface area contributed by atoms with Crippen molar-refractivity contribution in [1.29, 1.82) is 0 Å². The third-order valence-corrected chi connectivity index (χ3v) is 6.34. The number of methoxy groups -OCH3 is 1. The highest BCUT2D eigenvalue weighted by molar-refractivity contribution is 7.90. The smallest absolute Gasteiger partial charge is 0.339 e. The average Bonchev–Trinajstić information content (AvgIpc) is 3.17. The fourth-order valence-corrected chi connectivity index (χ4v) is 4.78. The number of nitrogens with one attached hydrogen (secondary N) is 1. The first-order chi connectivity index (χ1) is 13.3. The van der Waals surface area contributed by atoms with E-state index in [1.165, 1.54) is 18.2 Å². The molecule has 28 heavy (non-hydrogen) atoms. The summed E-state index contributed by atoms with van der Waals surface area (Å²) in [6.45, 7) is 0. The lowest BCUT2D eigenvalue weighted by Crippen LogP contribution is -2.32. The zero-order valence-corrected chi connectivity index (χ0v) is 16.6. The third-order valence-electron chi connectivity index (χ3n) is 3.51. The second kappa shape index (κ2) is 8.05. The molecule has 0 fully saturated rings. The average molecular weight is 438 g/mol. The van der Waals surface area contributed by atoms with Crippen molar-refractivity contribution in [1.82, 2.24) is 14.9 Å². The predicted molar refractivity (Wildman–Crippen MR) is 103 cm³/mol. The highest BCUT2D eigenvalue weighted by Crippen LogP contribution is 2.27. The van der Waals surface area contributed by atoms with Crippen LogP contribution in [-0.2, 0) is 14.8 Å². The van der Waals surface area contributed by atoms with E-state index in [0.717, 1.165) is 24.0 Å². The van der Waals surface area contributed by atoms with Crippen molar-refractivity contribution in [2.75, 3.05) is 7.11 Å². The monoisotopic (exact) mass is 437 g/mol. The second-order valence-corrected chi connectivity index (χ2v) is 8.33. The molecule has 0 aliphatic carbocycles. The molecule has 1 amide bonds. The molecule has 0 saturated carbocycles. The van der Waals surface area contributed by atoms with Crippen LogP contribution in [0.4, 0.5) is 0 Å². The molecule has 3 rings (SSSR count). The van der Waals surface area contributed by atoms with Crippen LogP contribution in [0.5, 0.6) is 0 Å². The van der Waals surface area contributed by atoms with Gasteiger partial charge >= 0.3 is 5.97 Å². The van der Waals surface area contributed by atoms with E-state index >= 15 is 0 Å². The van der Waals surface area contributed by atoms with Crippen LogP contribution in [0.15, 0.2) is 53.4 Å². The Hall–Kier alpha value is -2.82. The minimum Gasteiger partial charge on any atom is -0.465 e. The lowest BCUT2D eigenvalue weighted by atomic mass is 10.2. The number of benzene rings is 2. The molecule has 3 aromatic rings. The zero-order chi connectivity index (χ0) is 20.3. The molecule has 1 heterocycles. The number of aromatic nitrogens is 2. The number of nitrogens with zero attached hydrogens (tertiary/aromatic N) is 2. The summed E-state index contributed by atoms with van der Waals surface area (Å²) in [6.07, 6.45) is 0. The Labute approximate surface area is 169 Å². The SMILES string of the molecule is COC(=O)c1cccc(Cl)c1S(=O)(=O)NC(=O)c1nnc(-c2ccccc2)s1. The summed E-state index contributed by atoms with van der Waals surface area (Å²) < 4.78 is 31.8. The van der Waals surface area contributed by atoms with Gasteiger partial charge in [0, 0.05) is 5.56 Å². The van der Waals surface area contributed by atoms with Gasteiger partial charge in [-0.1, -0.05) is 59.3 Å². The van der Waals surface area contributed by atoms with E-state index in [1.54, 1.807) is 24.3 Å².